The maximum atomic E-state index is 12.8. The number of benzene rings is 1. The third-order valence-corrected chi connectivity index (χ3v) is 5.35. The van der Waals surface area contributed by atoms with Crippen LogP contribution in [-0.2, 0) is 15.6 Å². The average Bonchev–Trinajstić information content (AvgIpc) is 2.42. The van der Waals surface area contributed by atoms with E-state index >= 15 is 0 Å². The van der Waals surface area contributed by atoms with Gasteiger partial charge in [0, 0.05) is 16.2 Å². The predicted octanol–water partition coefficient (Wildman–Crippen LogP) is 2.13. The predicted molar refractivity (Wildman–Crippen MR) is 77.2 cm³/mol. The van der Waals surface area contributed by atoms with E-state index in [1.807, 2.05) is 6.07 Å². The van der Waals surface area contributed by atoms with Crippen molar-refractivity contribution in [2.75, 3.05) is 0 Å². The smallest absolute Gasteiger partial charge is 0.240 e. The van der Waals surface area contributed by atoms with E-state index in [2.05, 4.69) is 5.32 Å². The molecule has 1 saturated carbocycles. The number of nitrogens with zero attached hydrogens (tertiary/aromatic N) is 1. The van der Waals surface area contributed by atoms with Gasteiger partial charge in [-0.3, -0.25) is 9.00 Å². The molecule has 112 valence electrons. The van der Waals surface area contributed by atoms with Crippen molar-refractivity contribution in [2.45, 2.75) is 42.9 Å². The normalized spacial score (nSPS) is 22.8. The van der Waals surface area contributed by atoms with Crippen molar-refractivity contribution in [3.63, 3.8) is 0 Å². The monoisotopic (exact) mass is 308 g/mol. The molecule has 1 aromatic carbocycles. The Morgan fingerprint density at radius 3 is 2.48 bits per heavy atom. The van der Waals surface area contributed by atoms with Gasteiger partial charge in [0.25, 0.3) is 0 Å². The molecule has 1 aliphatic carbocycles. The van der Waals surface area contributed by atoms with Gasteiger partial charge in [-0.05, 0) is 51.0 Å². The van der Waals surface area contributed by atoms with E-state index in [-0.39, 0.29) is 23.0 Å². The Hall–Kier alpha value is -1.74. The Bertz CT molecular complexity index is 601. The molecule has 0 radical (unpaired) electrons. The minimum atomic E-state index is -1.19. The summed E-state index contributed by atoms with van der Waals surface area (Å²) in [6, 6.07) is 7.54. The van der Waals surface area contributed by atoms with Crippen LogP contribution in [0.3, 0.4) is 0 Å². The van der Waals surface area contributed by atoms with E-state index < -0.39 is 16.2 Å². The van der Waals surface area contributed by atoms with Crippen molar-refractivity contribution in [3.05, 3.63) is 30.1 Å². The fourth-order valence-corrected chi connectivity index (χ4v) is 3.64. The highest BCUT2D eigenvalue weighted by atomic mass is 32.2. The van der Waals surface area contributed by atoms with E-state index in [1.54, 1.807) is 13.8 Å². The van der Waals surface area contributed by atoms with Gasteiger partial charge < -0.3 is 5.32 Å². The van der Waals surface area contributed by atoms with E-state index in [9.17, 15) is 13.4 Å². The molecule has 6 heteroatoms. The fraction of sp³-hybridized carbons (Fsp3) is 0.467. The molecule has 1 amide bonds. The average molecular weight is 308 g/mol. The number of rotatable bonds is 4. The van der Waals surface area contributed by atoms with Crippen molar-refractivity contribution >= 4 is 16.7 Å². The van der Waals surface area contributed by atoms with Crippen LogP contribution in [0.2, 0.25) is 0 Å². The molecule has 4 nitrogen and oxygen atoms in total. The fourth-order valence-electron chi connectivity index (χ4n) is 2.04. The highest BCUT2D eigenvalue weighted by Gasteiger charge is 2.37. The number of hydrogen-bond donors (Lipinski definition) is 1. The van der Waals surface area contributed by atoms with Gasteiger partial charge in [0.05, 0.1) is 16.9 Å². The van der Waals surface area contributed by atoms with Crippen LogP contribution in [0.25, 0.3) is 0 Å². The summed E-state index contributed by atoms with van der Waals surface area (Å²) in [4.78, 5) is 12.4. The molecule has 1 aliphatic rings. The van der Waals surface area contributed by atoms with E-state index in [0.29, 0.717) is 17.7 Å². The number of nitrogens with one attached hydrogen (secondary N) is 1. The summed E-state index contributed by atoms with van der Waals surface area (Å²) < 4.78 is 25.1. The van der Waals surface area contributed by atoms with E-state index in [1.165, 1.54) is 24.3 Å². The first-order valence-electron chi connectivity index (χ1n) is 6.72. The van der Waals surface area contributed by atoms with Gasteiger partial charge in [0.2, 0.25) is 5.91 Å². The molecule has 1 fully saturated rings. The van der Waals surface area contributed by atoms with Crippen molar-refractivity contribution in [1.82, 2.24) is 5.32 Å². The van der Waals surface area contributed by atoms with Gasteiger partial charge in [-0.15, -0.1) is 0 Å². The van der Waals surface area contributed by atoms with Crippen molar-refractivity contribution in [2.24, 2.45) is 5.41 Å². The van der Waals surface area contributed by atoms with Crippen LogP contribution in [0.1, 0.15) is 26.7 Å². The molecule has 0 heterocycles. The van der Waals surface area contributed by atoms with Gasteiger partial charge in [-0.2, -0.15) is 5.26 Å². The van der Waals surface area contributed by atoms with Gasteiger partial charge in [-0.25, -0.2) is 4.39 Å². The molecule has 1 aromatic rings. The Labute approximate surface area is 125 Å². The number of halogens is 1. The Morgan fingerprint density at radius 2 is 1.95 bits per heavy atom. The molecule has 0 bridgehead atoms. The number of amides is 1. The molecule has 0 aliphatic heterocycles. The third-order valence-electron chi connectivity index (χ3n) is 3.63. The molecule has 1 N–H and O–H groups in total. The van der Waals surface area contributed by atoms with Crippen LogP contribution in [0.15, 0.2) is 29.2 Å². The number of carbonyl (C=O) groups is 1. The largest absolute Gasteiger partial charge is 0.352 e. The SMILES string of the molecule is CC(C)(C#N)C(=O)NC1CC(S(=O)c2ccc(F)cc2)C1. The molecule has 1 atom stereocenters. The molecule has 2 rings (SSSR count). The second kappa shape index (κ2) is 5.94. The quantitative estimate of drug-likeness (QED) is 0.926. The van der Waals surface area contributed by atoms with Gasteiger partial charge in [-0.1, -0.05) is 0 Å². The summed E-state index contributed by atoms with van der Waals surface area (Å²) in [5.74, 6) is -0.658. The maximum absolute atomic E-state index is 12.8. The minimum Gasteiger partial charge on any atom is -0.352 e. The van der Waals surface area contributed by atoms with Gasteiger partial charge in [0.15, 0.2) is 0 Å². The minimum absolute atomic E-state index is 0.0361. The lowest BCUT2D eigenvalue weighted by Crippen LogP contribution is -2.51. The third kappa shape index (κ3) is 3.48. The first kappa shape index (κ1) is 15.6. The molecule has 1 unspecified atom stereocenters. The zero-order valence-electron chi connectivity index (χ0n) is 11.9. The van der Waals surface area contributed by atoms with E-state index in [4.69, 9.17) is 5.26 Å². The van der Waals surface area contributed by atoms with Crippen molar-refractivity contribution in [1.29, 1.82) is 5.26 Å². The number of nitriles is 1. The molecule has 0 spiro atoms. The molecular formula is C15H17FN2O2S. The van der Waals surface area contributed by atoms with E-state index in [0.717, 1.165) is 0 Å². The maximum Gasteiger partial charge on any atom is 0.240 e. The van der Waals surface area contributed by atoms with Gasteiger partial charge >= 0.3 is 0 Å². The number of carbonyl (C=O) groups excluding carboxylic acids is 1. The first-order chi connectivity index (χ1) is 9.83. The topological polar surface area (TPSA) is 70.0 Å². The first-order valence-corrected chi connectivity index (χ1v) is 7.93. The van der Waals surface area contributed by atoms with Crippen LogP contribution in [0, 0.1) is 22.6 Å². The van der Waals surface area contributed by atoms with Crippen molar-refractivity contribution < 1.29 is 13.4 Å². The summed E-state index contributed by atoms with van der Waals surface area (Å²) >= 11 is 0. The molecule has 21 heavy (non-hydrogen) atoms. The number of hydrogen-bond acceptors (Lipinski definition) is 3. The summed E-state index contributed by atoms with van der Waals surface area (Å²) in [6.45, 7) is 3.13. The molecule has 0 aromatic heterocycles. The second-order valence-electron chi connectivity index (χ2n) is 5.75. The van der Waals surface area contributed by atoms with Crippen LogP contribution in [-0.4, -0.2) is 21.4 Å². The van der Waals surface area contributed by atoms with Crippen LogP contribution < -0.4 is 5.32 Å². The molecule has 0 saturated heterocycles. The van der Waals surface area contributed by atoms with Gasteiger partial charge in [0.1, 0.15) is 11.2 Å². The zero-order chi connectivity index (χ0) is 15.6. The summed E-state index contributed by atoms with van der Waals surface area (Å²) in [6.07, 6.45) is 1.22. The lowest BCUT2D eigenvalue weighted by molar-refractivity contribution is -0.128. The summed E-state index contributed by atoms with van der Waals surface area (Å²) in [5, 5.41) is 11.7. The zero-order valence-corrected chi connectivity index (χ0v) is 12.7. The highest BCUT2D eigenvalue weighted by molar-refractivity contribution is 7.85. The molecular weight excluding hydrogens is 291 g/mol. The lowest BCUT2D eigenvalue weighted by Gasteiger charge is -2.36. The van der Waals surface area contributed by atoms with Crippen LogP contribution >= 0.6 is 0 Å². The summed E-state index contributed by atoms with van der Waals surface area (Å²) in [5.41, 5.74) is -1.05. The Balaban J connectivity index is 1.87. The summed E-state index contributed by atoms with van der Waals surface area (Å²) in [7, 11) is -1.19. The van der Waals surface area contributed by atoms with Crippen LogP contribution in [0.5, 0.6) is 0 Å². The Kier molecular flexibility index (Phi) is 4.43. The highest BCUT2D eigenvalue weighted by Crippen LogP contribution is 2.29. The second-order valence-corrected chi connectivity index (χ2v) is 7.48. The Morgan fingerprint density at radius 1 is 1.38 bits per heavy atom. The lowest BCUT2D eigenvalue weighted by atomic mass is 9.89. The standard InChI is InChI=1S/C15H17FN2O2S/c1-15(2,9-17)14(19)18-11-7-13(8-11)21(20)12-5-3-10(16)4-6-12/h3-6,11,13H,7-8H2,1-2H3,(H,18,19). The van der Waals surface area contributed by atoms with Crippen molar-refractivity contribution in [3.8, 4) is 6.07 Å². The van der Waals surface area contributed by atoms with Crippen LogP contribution in [0.4, 0.5) is 4.39 Å².